The predicted octanol–water partition coefficient (Wildman–Crippen LogP) is 4.46. The van der Waals surface area contributed by atoms with E-state index < -0.39 is 0 Å². The molecular formula is C19H14ClN5OS2. The minimum absolute atomic E-state index is 0.174. The molecule has 4 aromatic rings. The number of hydrogen-bond donors (Lipinski definition) is 1. The van der Waals surface area contributed by atoms with Gasteiger partial charge in [-0.05, 0) is 48.5 Å². The van der Waals surface area contributed by atoms with Crippen LogP contribution in [0.4, 0.5) is 0 Å². The van der Waals surface area contributed by atoms with Gasteiger partial charge in [0.05, 0.1) is 33.3 Å². The fourth-order valence-electron chi connectivity index (χ4n) is 2.47. The summed E-state index contributed by atoms with van der Waals surface area (Å²) in [6.45, 7) is 0.311. The fraction of sp³-hybridized carbons (Fsp3) is 0.0526. The van der Waals surface area contributed by atoms with E-state index in [1.54, 1.807) is 41.0 Å². The molecule has 0 aliphatic carbocycles. The molecule has 1 aromatic carbocycles. The van der Waals surface area contributed by atoms with Crippen LogP contribution in [0.15, 0.2) is 76.9 Å². The molecule has 140 valence electrons. The number of amides is 1. The van der Waals surface area contributed by atoms with Crippen molar-refractivity contribution in [3.05, 3.63) is 81.9 Å². The highest BCUT2D eigenvalue weighted by Crippen LogP contribution is 2.26. The topological polar surface area (TPSA) is 72.7 Å². The predicted molar refractivity (Wildman–Crippen MR) is 110 cm³/mol. The molecule has 0 radical (unpaired) electrons. The van der Waals surface area contributed by atoms with Crippen LogP contribution >= 0.6 is 34.7 Å². The summed E-state index contributed by atoms with van der Waals surface area (Å²) in [7, 11) is 0. The Morgan fingerprint density at radius 2 is 2.00 bits per heavy atom. The second kappa shape index (κ2) is 8.55. The Balaban J connectivity index is 1.44. The number of carbonyl (C=O) groups is 1. The van der Waals surface area contributed by atoms with Crippen LogP contribution < -0.4 is 5.32 Å². The second-order valence-electron chi connectivity index (χ2n) is 5.69. The normalized spacial score (nSPS) is 10.8. The summed E-state index contributed by atoms with van der Waals surface area (Å²) in [5.74, 6) is -0.174. The van der Waals surface area contributed by atoms with Gasteiger partial charge in [-0.25, -0.2) is 9.67 Å². The third kappa shape index (κ3) is 4.41. The Bertz CT molecular complexity index is 1080. The zero-order valence-electron chi connectivity index (χ0n) is 14.4. The van der Waals surface area contributed by atoms with Gasteiger partial charge in [-0.3, -0.25) is 4.79 Å². The maximum Gasteiger partial charge on any atom is 0.261 e. The summed E-state index contributed by atoms with van der Waals surface area (Å²) in [5, 5.41) is 11.9. The molecule has 0 aliphatic heterocycles. The van der Waals surface area contributed by atoms with Crippen LogP contribution in [0.1, 0.15) is 15.4 Å². The summed E-state index contributed by atoms with van der Waals surface area (Å²) in [5.41, 5.74) is 1.65. The second-order valence-corrected chi connectivity index (χ2v) is 8.50. The Hall–Kier alpha value is -2.68. The van der Waals surface area contributed by atoms with Crippen LogP contribution in [-0.4, -0.2) is 25.9 Å². The summed E-state index contributed by atoms with van der Waals surface area (Å²) in [6.07, 6.45) is 3.41. The van der Waals surface area contributed by atoms with Crippen LogP contribution in [0.2, 0.25) is 4.34 Å². The van der Waals surface area contributed by atoms with Gasteiger partial charge in [0.2, 0.25) is 0 Å². The Morgan fingerprint density at radius 3 is 2.71 bits per heavy atom. The molecule has 0 saturated carbocycles. The molecule has 4 rings (SSSR count). The summed E-state index contributed by atoms with van der Waals surface area (Å²) in [4.78, 5) is 18.2. The zero-order chi connectivity index (χ0) is 19.3. The average Bonchev–Trinajstić information content (AvgIpc) is 3.36. The number of rotatable bonds is 6. The largest absolute Gasteiger partial charge is 0.346 e. The molecule has 0 fully saturated rings. The minimum Gasteiger partial charge on any atom is -0.346 e. The minimum atomic E-state index is -0.174. The SMILES string of the molecule is O=C(NCc1cnnn1-c1ccc(Sc2ccccn2)cc1)c1ccc(Cl)s1. The monoisotopic (exact) mass is 427 g/mol. The Kier molecular flexibility index (Phi) is 5.70. The van der Waals surface area contributed by atoms with E-state index in [-0.39, 0.29) is 5.91 Å². The van der Waals surface area contributed by atoms with Crippen molar-refractivity contribution in [1.29, 1.82) is 0 Å². The van der Waals surface area contributed by atoms with Crippen LogP contribution in [0.3, 0.4) is 0 Å². The van der Waals surface area contributed by atoms with E-state index in [1.165, 1.54) is 11.3 Å². The van der Waals surface area contributed by atoms with Crippen molar-refractivity contribution in [3.8, 4) is 5.69 Å². The first kappa shape index (κ1) is 18.7. The van der Waals surface area contributed by atoms with Gasteiger partial charge in [0.25, 0.3) is 5.91 Å². The van der Waals surface area contributed by atoms with Crippen molar-refractivity contribution >= 4 is 40.6 Å². The Morgan fingerprint density at radius 1 is 1.14 bits per heavy atom. The number of benzene rings is 1. The van der Waals surface area contributed by atoms with Gasteiger partial charge < -0.3 is 5.32 Å². The molecule has 0 unspecified atom stereocenters. The van der Waals surface area contributed by atoms with E-state index in [1.807, 2.05) is 42.5 Å². The first-order valence-electron chi connectivity index (χ1n) is 8.31. The highest BCUT2D eigenvalue weighted by Gasteiger charge is 2.11. The Labute approximate surface area is 174 Å². The van der Waals surface area contributed by atoms with E-state index in [0.717, 1.165) is 21.3 Å². The standard InChI is InChI=1S/C19H14ClN5OS2/c20-17-9-8-16(28-17)19(26)22-11-14-12-23-24-25(14)13-4-6-15(7-5-13)27-18-3-1-2-10-21-18/h1-10,12H,11H2,(H,22,26). The van der Waals surface area contributed by atoms with Crippen LogP contribution in [-0.2, 0) is 6.54 Å². The fourth-order valence-corrected chi connectivity index (χ4v) is 4.21. The van der Waals surface area contributed by atoms with Gasteiger partial charge in [0.15, 0.2) is 0 Å². The van der Waals surface area contributed by atoms with E-state index >= 15 is 0 Å². The first-order valence-corrected chi connectivity index (χ1v) is 10.3. The molecule has 6 nitrogen and oxygen atoms in total. The third-order valence-electron chi connectivity index (χ3n) is 3.79. The van der Waals surface area contributed by atoms with E-state index in [4.69, 9.17) is 11.6 Å². The number of halogens is 1. The maximum absolute atomic E-state index is 12.2. The molecular weight excluding hydrogens is 414 g/mol. The number of thiophene rings is 1. The maximum atomic E-state index is 12.2. The molecule has 9 heteroatoms. The lowest BCUT2D eigenvalue weighted by atomic mass is 10.3. The van der Waals surface area contributed by atoms with Crippen molar-refractivity contribution in [3.63, 3.8) is 0 Å². The quantitative estimate of drug-likeness (QED) is 0.491. The number of nitrogens with one attached hydrogen (secondary N) is 1. The molecule has 0 saturated heterocycles. The van der Waals surface area contributed by atoms with Gasteiger partial charge in [-0.15, -0.1) is 16.4 Å². The highest BCUT2D eigenvalue weighted by atomic mass is 35.5. The molecule has 28 heavy (non-hydrogen) atoms. The van der Waals surface area contributed by atoms with Gasteiger partial charge >= 0.3 is 0 Å². The molecule has 0 spiro atoms. The number of carbonyl (C=O) groups excluding carboxylic acids is 1. The van der Waals surface area contributed by atoms with Gasteiger partial charge in [0.1, 0.15) is 5.03 Å². The molecule has 0 atom stereocenters. The molecule has 1 N–H and O–H groups in total. The number of hydrogen-bond acceptors (Lipinski definition) is 6. The number of nitrogens with zero attached hydrogens (tertiary/aromatic N) is 4. The summed E-state index contributed by atoms with van der Waals surface area (Å²) in [6, 6.07) is 17.2. The van der Waals surface area contributed by atoms with Gasteiger partial charge in [0, 0.05) is 11.1 Å². The van der Waals surface area contributed by atoms with Gasteiger partial charge in [-0.2, -0.15) is 0 Å². The third-order valence-corrected chi connectivity index (χ3v) is 5.98. The van der Waals surface area contributed by atoms with Crippen LogP contribution in [0.5, 0.6) is 0 Å². The summed E-state index contributed by atoms with van der Waals surface area (Å²) >= 11 is 8.71. The lowest BCUT2D eigenvalue weighted by Gasteiger charge is -2.08. The molecule has 3 aromatic heterocycles. The van der Waals surface area contributed by atoms with Crippen LogP contribution in [0.25, 0.3) is 5.69 Å². The zero-order valence-corrected chi connectivity index (χ0v) is 16.8. The lowest BCUT2D eigenvalue weighted by molar-refractivity contribution is 0.0954. The molecule has 0 aliphatic rings. The molecule has 1 amide bonds. The molecule has 0 bridgehead atoms. The average molecular weight is 428 g/mol. The first-order chi connectivity index (χ1) is 13.7. The van der Waals surface area contributed by atoms with E-state index in [2.05, 4.69) is 20.6 Å². The lowest BCUT2D eigenvalue weighted by Crippen LogP contribution is -2.23. The highest BCUT2D eigenvalue weighted by molar-refractivity contribution is 7.99. The number of pyridine rings is 1. The van der Waals surface area contributed by atoms with Crippen molar-refractivity contribution in [1.82, 2.24) is 25.3 Å². The van der Waals surface area contributed by atoms with E-state index in [9.17, 15) is 4.79 Å². The smallest absolute Gasteiger partial charge is 0.261 e. The van der Waals surface area contributed by atoms with Gasteiger partial charge in [-0.1, -0.05) is 34.6 Å². The van der Waals surface area contributed by atoms with Crippen molar-refractivity contribution in [2.24, 2.45) is 0 Å². The van der Waals surface area contributed by atoms with E-state index in [0.29, 0.717) is 15.8 Å². The number of aromatic nitrogens is 4. The van der Waals surface area contributed by atoms with Crippen molar-refractivity contribution in [2.45, 2.75) is 16.5 Å². The van der Waals surface area contributed by atoms with Crippen LogP contribution in [0, 0.1) is 0 Å². The van der Waals surface area contributed by atoms with Crippen molar-refractivity contribution in [2.75, 3.05) is 0 Å². The molecule has 3 heterocycles. The summed E-state index contributed by atoms with van der Waals surface area (Å²) < 4.78 is 2.29. The van der Waals surface area contributed by atoms with Crippen molar-refractivity contribution < 1.29 is 4.79 Å².